The van der Waals surface area contributed by atoms with Gasteiger partial charge in [-0.05, 0) is 25.0 Å². The molecule has 0 spiro atoms. The monoisotopic (exact) mass is 338 g/mol. The second-order valence-electron chi connectivity index (χ2n) is 5.88. The molecule has 1 aromatic rings. The summed E-state index contributed by atoms with van der Waals surface area (Å²) < 4.78 is 2.09. The quantitative estimate of drug-likeness (QED) is 0.588. The molecule has 1 heterocycles. The predicted octanol–water partition coefficient (Wildman–Crippen LogP) is 2.07. The Balaban J connectivity index is 1.75. The van der Waals surface area contributed by atoms with E-state index in [0.717, 1.165) is 36.5 Å². The largest absolute Gasteiger partial charge is 0.355 e. The van der Waals surface area contributed by atoms with Gasteiger partial charge in [-0.15, -0.1) is 10.2 Å². The van der Waals surface area contributed by atoms with Crippen LogP contribution < -0.4 is 10.6 Å². The molecule has 6 nitrogen and oxygen atoms in total. The zero-order chi connectivity index (χ0) is 16.5. The first-order valence-corrected chi connectivity index (χ1v) is 9.77. The molecule has 0 bridgehead atoms. The number of guanidine groups is 1. The zero-order valence-electron chi connectivity index (χ0n) is 14.6. The van der Waals surface area contributed by atoms with Gasteiger partial charge in [0, 0.05) is 37.8 Å². The van der Waals surface area contributed by atoms with Crippen LogP contribution in [0.15, 0.2) is 11.3 Å². The van der Waals surface area contributed by atoms with Gasteiger partial charge >= 0.3 is 0 Å². The Labute approximate surface area is 143 Å². The van der Waals surface area contributed by atoms with Crippen LogP contribution in [0.3, 0.4) is 0 Å². The Kier molecular flexibility index (Phi) is 7.71. The summed E-state index contributed by atoms with van der Waals surface area (Å²) in [6, 6.07) is 0.542. The number of rotatable bonds is 7. The topological polar surface area (TPSA) is 67.1 Å². The van der Waals surface area contributed by atoms with E-state index < -0.39 is 0 Å². The molecule has 0 radical (unpaired) electrons. The number of hydrogen-bond donors (Lipinski definition) is 2. The third-order valence-electron chi connectivity index (χ3n) is 4.25. The molecular weight excluding hydrogens is 308 g/mol. The number of thioether (sulfide) groups is 1. The van der Waals surface area contributed by atoms with E-state index in [2.05, 4.69) is 56.0 Å². The fourth-order valence-electron chi connectivity index (χ4n) is 3.09. The smallest absolute Gasteiger partial charge is 0.191 e. The van der Waals surface area contributed by atoms with Crippen LogP contribution in [-0.4, -0.2) is 51.4 Å². The van der Waals surface area contributed by atoms with Crippen LogP contribution in [-0.2, 0) is 13.0 Å². The van der Waals surface area contributed by atoms with E-state index in [9.17, 15) is 0 Å². The van der Waals surface area contributed by atoms with Crippen molar-refractivity contribution in [1.29, 1.82) is 0 Å². The summed E-state index contributed by atoms with van der Waals surface area (Å²) in [6.45, 7) is 6.03. The lowest BCUT2D eigenvalue weighted by molar-refractivity contribution is 0.418. The van der Waals surface area contributed by atoms with Crippen molar-refractivity contribution in [2.24, 2.45) is 4.99 Å². The van der Waals surface area contributed by atoms with Crippen molar-refractivity contribution in [1.82, 2.24) is 25.4 Å². The van der Waals surface area contributed by atoms with Crippen molar-refractivity contribution in [3.63, 3.8) is 0 Å². The molecule has 2 unspecified atom stereocenters. The van der Waals surface area contributed by atoms with Gasteiger partial charge in [0.15, 0.2) is 5.96 Å². The van der Waals surface area contributed by atoms with Gasteiger partial charge < -0.3 is 15.2 Å². The minimum Gasteiger partial charge on any atom is -0.355 e. The highest BCUT2D eigenvalue weighted by Crippen LogP contribution is 2.28. The average Bonchev–Trinajstić information content (AvgIpc) is 3.02. The summed E-state index contributed by atoms with van der Waals surface area (Å²) in [5, 5.41) is 15.9. The van der Waals surface area contributed by atoms with Gasteiger partial charge in [0.2, 0.25) is 0 Å². The van der Waals surface area contributed by atoms with Crippen molar-refractivity contribution in [2.75, 3.05) is 19.3 Å². The second kappa shape index (κ2) is 9.80. The van der Waals surface area contributed by atoms with Gasteiger partial charge in [-0.2, -0.15) is 11.8 Å². The van der Waals surface area contributed by atoms with Crippen LogP contribution in [0, 0.1) is 0 Å². The number of aryl methyl sites for hydroxylation is 1. The number of aromatic nitrogens is 3. The van der Waals surface area contributed by atoms with Crippen LogP contribution in [0.25, 0.3) is 0 Å². The van der Waals surface area contributed by atoms with E-state index in [0.29, 0.717) is 6.04 Å². The van der Waals surface area contributed by atoms with Gasteiger partial charge in [-0.25, -0.2) is 0 Å². The highest BCUT2D eigenvalue weighted by atomic mass is 32.2. The lowest BCUT2D eigenvalue weighted by Crippen LogP contribution is -2.46. The number of aliphatic imine (C=N–C) groups is 1. The molecule has 1 aliphatic carbocycles. The zero-order valence-corrected chi connectivity index (χ0v) is 15.4. The maximum absolute atomic E-state index is 4.36. The molecule has 2 N–H and O–H groups in total. The average molecular weight is 339 g/mol. The third-order valence-corrected chi connectivity index (χ3v) is 5.48. The highest BCUT2D eigenvalue weighted by molar-refractivity contribution is 7.99. The molecule has 7 heteroatoms. The van der Waals surface area contributed by atoms with E-state index in [1.54, 1.807) is 6.33 Å². The third kappa shape index (κ3) is 5.71. The van der Waals surface area contributed by atoms with E-state index in [1.165, 1.54) is 31.4 Å². The van der Waals surface area contributed by atoms with E-state index >= 15 is 0 Å². The molecule has 1 aromatic heterocycles. The first-order chi connectivity index (χ1) is 11.3. The van der Waals surface area contributed by atoms with Gasteiger partial charge in [0.1, 0.15) is 12.2 Å². The Morgan fingerprint density at radius 3 is 3.04 bits per heavy atom. The van der Waals surface area contributed by atoms with Crippen LogP contribution in [0.2, 0.25) is 0 Å². The number of nitrogens with one attached hydrogen (secondary N) is 2. The van der Waals surface area contributed by atoms with Crippen LogP contribution >= 0.6 is 11.8 Å². The first kappa shape index (κ1) is 18.1. The Morgan fingerprint density at radius 2 is 2.30 bits per heavy atom. The molecule has 1 saturated carbocycles. The van der Waals surface area contributed by atoms with Gasteiger partial charge in [-0.1, -0.05) is 20.3 Å². The molecule has 2 atom stereocenters. The predicted molar refractivity (Wildman–Crippen MR) is 98.1 cm³/mol. The minimum absolute atomic E-state index is 0.542. The van der Waals surface area contributed by atoms with Gasteiger partial charge in [-0.3, -0.25) is 4.99 Å². The van der Waals surface area contributed by atoms with Crippen molar-refractivity contribution >= 4 is 17.7 Å². The van der Waals surface area contributed by atoms with Crippen molar-refractivity contribution in [2.45, 2.75) is 63.8 Å². The summed E-state index contributed by atoms with van der Waals surface area (Å²) in [5.41, 5.74) is 0. The molecule has 1 aliphatic rings. The molecule has 0 aliphatic heterocycles. The lowest BCUT2D eigenvalue weighted by Gasteiger charge is -2.30. The molecule has 1 fully saturated rings. The molecule has 0 amide bonds. The van der Waals surface area contributed by atoms with Crippen LogP contribution in [0.1, 0.15) is 45.4 Å². The summed E-state index contributed by atoms with van der Waals surface area (Å²) in [7, 11) is 1.84. The Hall–Kier alpha value is -1.24. The summed E-state index contributed by atoms with van der Waals surface area (Å²) in [5.74, 6) is 3.15. The fraction of sp³-hybridized carbons (Fsp3) is 0.812. The van der Waals surface area contributed by atoms with Gasteiger partial charge in [0.05, 0.1) is 0 Å². The van der Waals surface area contributed by atoms with Crippen molar-refractivity contribution < 1.29 is 0 Å². The molecule has 2 rings (SSSR count). The van der Waals surface area contributed by atoms with E-state index in [1.807, 2.05) is 7.05 Å². The second-order valence-corrected chi connectivity index (χ2v) is 7.46. The summed E-state index contributed by atoms with van der Waals surface area (Å²) in [6.07, 6.45) is 7.86. The first-order valence-electron chi connectivity index (χ1n) is 8.72. The van der Waals surface area contributed by atoms with E-state index in [4.69, 9.17) is 0 Å². The molecular formula is C16H30N6S. The van der Waals surface area contributed by atoms with Gasteiger partial charge in [0.25, 0.3) is 0 Å². The molecule has 0 saturated heterocycles. The standard InChI is InChI=1S/C16H30N6S/c1-4-15-21-19-12-22(15)10-9-18-16(17-3)20-13-7-6-8-14(11-13)23-5-2/h12-14H,4-11H2,1-3H3,(H2,17,18,20). The lowest BCUT2D eigenvalue weighted by atomic mass is 9.95. The number of nitrogens with zero attached hydrogens (tertiary/aromatic N) is 4. The molecule has 23 heavy (non-hydrogen) atoms. The molecule has 0 aromatic carbocycles. The Bertz CT molecular complexity index is 485. The van der Waals surface area contributed by atoms with Crippen LogP contribution in [0.4, 0.5) is 0 Å². The van der Waals surface area contributed by atoms with E-state index in [-0.39, 0.29) is 0 Å². The number of hydrogen-bond acceptors (Lipinski definition) is 4. The highest BCUT2D eigenvalue weighted by Gasteiger charge is 2.22. The van der Waals surface area contributed by atoms with Crippen molar-refractivity contribution in [3.05, 3.63) is 12.2 Å². The Morgan fingerprint density at radius 1 is 1.43 bits per heavy atom. The summed E-state index contributed by atoms with van der Waals surface area (Å²) in [4.78, 5) is 4.36. The minimum atomic E-state index is 0.542. The maximum atomic E-state index is 4.36. The fourth-order valence-corrected chi connectivity index (χ4v) is 4.26. The maximum Gasteiger partial charge on any atom is 0.191 e. The molecule has 130 valence electrons. The SMILES string of the molecule is CCSC1CCCC(NC(=NC)NCCn2cnnc2CC)C1. The summed E-state index contributed by atoms with van der Waals surface area (Å²) >= 11 is 2.09. The normalized spacial score (nSPS) is 22.1. The van der Waals surface area contributed by atoms with Crippen molar-refractivity contribution in [3.8, 4) is 0 Å². The van der Waals surface area contributed by atoms with Crippen LogP contribution in [0.5, 0.6) is 0 Å².